The summed E-state index contributed by atoms with van der Waals surface area (Å²) >= 11 is 1.26. The predicted octanol–water partition coefficient (Wildman–Crippen LogP) is 3.72. The van der Waals surface area contributed by atoms with Crippen LogP contribution in [0.15, 0.2) is 17.3 Å². The first-order valence-electron chi connectivity index (χ1n) is 7.78. The van der Waals surface area contributed by atoms with E-state index < -0.39 is 11.6 Å². The second-order valence-electron chi connectivity index (χ2n) is 5.91. The molecule has 0 radical (unpaired) electrons. The summed E-state index contributed by atoms with van der Waals surface area (Å²) in [5, 5.41) is 0.496. The number of nitrogens with one attached hydrogen (secondary N) is 1. The van der Waals surface area contributed by atoms with Crippen LogP contribution in [0, 0.1) is 11.6 Å². The summed E-state index contributed by atoms with van der Waals surface area (Å²) in [5.41, 5.74) is 0.791. The molecule has 124 valence electrons. The molecule has 0 atom stereocenters. The van der Waals surface area contributed by atoms with Crippen molar-refractivity contribution in [2.45, 2.75) is 43.3 Å². The fraction of sp³-hybridized carbons (Fsp3) is 0.500. The Morgan fingerprint density at radius 1 is 1.30 bits per heavy atom. The smallest absolute Gasteiger partial charge is 0.233 e. The number of benzene rings is 1. The number of nitrogens with zero attached hydrogens (tertiary/aromatic N) is 2. The second kappa shape index (κ2) is 6.86. The third kappa shape index (κ3) is 3.65. The average Bonchev–Trinajstić information content (AvgIpc) is 2.95. The molecule has 1 fully saturated rings. The molecule has 0 aliphatic heterocycles. The zero-order valence-electron chi connectivity index (χ0n) is 12.9. The van der Waals surface area contributed by atoms with Crippen LogP contribution in [0.1, 0.15) is 32.1 Å². The van der Waals surface area contributed by atoms with Gasteiger partial charge in [0.1, 0.15) is 0 Å². The molecule has 23 heavy (non-hydrogen) atoms. The number of thioether (sulfide) groups is 1. The molecular weight excluding hydrogens is 320 g/mol. The Morgan fingerprint density at radius 3 is 2.74 bits per heavy atom. The minimum atomic E-state index is -0.923. The Bertz CT molecular complexity index is 674. The number of imidazole rings is 1. The van der Waals surface area contributed by atoms with Gasteiger partial charge >= 0.3 is 0 Å². The van der Waals surface area contributed by atoms with Gasteiger partial charge in [0.2, 0.25) is 5.91 Å². The third-order valence-corrected chi connectivity index (χ3v) is 5.21. The standard InChI is InChI=1S/C16H19F2N3OS/c1-21(10-5-3-2-4-6-10)15(22)9-23-16-19-13-7-11(17)12(18)8-14(13)20-16/h7-8,10H,2-6,9H2,1H3,(H,19,20). The number of halogens is 2. The fourth-order valence-electron chi connectivity index (χ4n) is 2.95. The van der Waals surface area contributed by atoms with Crippen LogP contribution < -0.4 is 0 Å². The molecule has 1 aromatic heterocycles. The molecule has 4 nitrogen and oxygen atoms in total. The van der Waals surface area contributed by atoms with Crippen molar-refractivity contribution in [2.24, 2.45) is 0 Å². The highest BCUT2D eigenvalue weighted by atomic mass is 32.2. The van der Waals surface area contributed by atoms with E-state index in [9.17, 15) is 13.6 Å². The van der Waals surface area contributed by atoms with Gasteiger partial charge in [-0.15, -0.1) is 0 Å². The summed E-state index contributed by atoms with van der Waals surface area (Å²) in [6.07, 6.45) is 5.73. The van der Waals surface area contributed by atoms with Gasteiger partial charge in [-0.25, -0.2) is 13.8 Å². The van der Waals surface area contributed by atoms with Crippen LogP contribution >= 0.6 is 11.8 Å². The summed E-state index contributed by atoms with van der Waals surface area (Å²) in [6.45, 7) is 0. The van der Waals surface area contributed by atoms with Gasteiger partial charge in [-0.1, -0.05) is 31.0 Å². The number of carbonyl (C=O) groups is 1. The van der Waals surface area contributed by atoms with Gasteiger partial charge in [0, 0.05) is 25.2 Å². The van der Waals surface area contributed by atoms with E-state index in [1.54, 1.807) is 0 Å². The molecule has 1 N–H and O–H groups in total. The van der Waals surface area contributed by atoms with E-state index in [2.05, 4.69) is 9.97 Å². The molecule has 3 rings (SSSR count). The number of carbonyl (C=O) groups excluding carboxylic acids is 1. The number of hydrogen-bond acceptors (Lipinski definition) is 3. The lowest BCUT2D eigenvalue weighted by atomic mass is 9.94. The summed E-state index contributed by atoms with van der Waals surface area (Å²) in [4.78, 5) is 21.2. The monoisotopic (exact) mass is 339 g/mol. The van der Waals surface area contributed by atoms with Gasteiger partial charge in [-0.05, 0) is 12.8 Å². The molecular formula is C16H19F2N3OS. The first kappa shape index (κ1) is 16.2. The van der Waals surface area contributed by atoms with Gasteiger partial charge < -0.3 is 9.88 Å². The van der Waals surface area contributed by atoms with Gasteiger partial charge in [0.15, 0.2) is 16.8 Å². The number of fused-ring (bicyclic) bond motifs is 1. The zero-order valence-corrected chi connectivity index (χ0v) is 13.8. The molecule has 2 aromatic rings. The van der Waals surface area contributed by atoms with Crippen LogP contribution in [0.2, 0.25) is 0 Å². The van der Waals surface area contributed by atoms with E-state index in [4.69, 9.17) is 0 Å². The van der Waals surface area contributed by atoms with Crippen molar-refractivity contribution in [3.05, 3.63) is 23.8 Å². The van der Waals surface area contributed by atoms with Crippen LogP contribution in [0.3, 0.4) is 0 Å². The van der Waals surface area contributed by atoms with E-state index in [0.717, 1.165) is 25.0 Å². The van der Waals surface area contributed by atoms with Crippen LogP contribution in [0.5, 0.6) is 0 Å². The van der Waals surface area contributed by atoms with Gasteiger partial charge in [0.25, 0.3) is 0 Å². The van der Waals surface area contributed by atoms with E-state index in [0.29, 0.717) is 22.2 Å². The number of aromatic nitrogens is 2. The van der Waals surface area contributed by atoms with Crippen molar-refractivity contribution in [1.82, 2.24) is 14.9 Å². The number of hydrogen-bond donors (Lipinski definition) is 1. The molecule has 1 aromatic carbocycles. The summed E-state index contributed by atoms with van der Waals surface area (Å²) in [5.74, 6) is -1.52. The van der Waals surface area contributed by atoms with Crippen LogP contribution in [0.25, 0.3) is 11.0 Å². The number of H-pyrrole nitrogens is 1. The third-order valence-electron chi connectivity index (χ3n) is 4.35. The molecule has 0 saturated heterocycles. The lowest BCUT2D eigenvalue weighted by Gasteiger charge is -2.31. The topological polar surface area (TPSA) is 49.0 Å². The molecule has 0 spiro atoms. The van der Waals surface area contributed by atoms with E-state index in [1.807, 2.05) is 11.9 Å². The minimum absolute atomic E-state index is 0.0553. The molecule has 1 heterocycles. The van der Waals surface area contributed by atoms with Crippen LogP contribution in [-0.4, -0.2) is 39.6 Å². The highest BCUT2D eigenvalue weighted by molar-refractivity contribution is 7.99. The Kier molecular flexibility index (Phi) is 4.84. The second-order valence-corrected chi connectivity index (χ2v) is 6.87. The average molecular weight is 339 g/mol. The molecule has 1 aliphatic rings. The van der Waals surface area contributed by atoms with Gasteiger partial charge in [-0.3, -0.25) is 4.79 Å². The quantitative estimate of drug-likeness (QED) is 0.864. The van der Waals surface area contributed by atoms with Crippen LogP contribution in [-0.2, 0) is 4.79 Å². The molecule has 7 heteroatoms. The largest absolute Gasteiger partial charge is 0.342 e. The maximum atomic E-state index is 13.2. The van der Waals surface area contributed by atoms with Gasteiger partial charge in [0.05, 0.1) is 16.8 Å². The molecule has 1 saturated carbocycles. The number of aromatic amines is 1. The van der Waals surface area contributed by atoms with Crippen molar-refractivity contribution in [3.8, 4) is 0 Å². The van der Waals surface area contributed by atoms with Crippen LogP contribution in [0.4, 0.5) is 8.78 Å². The predicted molar refractivity (Wildman–Crippen MR) is 86.4 cm³/mol. The highest BCUT2D eigenvalue weighted by Gasteiger charge is 2.22. The minimum Gasteiger partial charge on any atom is -0.342 e. The van der Waals surface area contributed by atoms with Crippen molar-refractivity contribution in [1.29, 1.82) is 0 Å². The summed E-state index contributed by atoms with van der Waals surface area (Å²) in [7, 11) is 1.85. The Labute approximate surface area is 137 Å². The Balaban J connectivity index is 1.62. The highest BCUT2D eigenvalue weighted by Crippen LogP contribution is 2.24. The molecule has 0 bridgehead atoms. The maximum Gasteiger partial charge on any atom is 0.233 e. The van der Waals surface area contributed by atoms with E-state index in [-0.39, 0.29) is 11.7 Å². The van der Waals surface area contributed by atoms with E-state index in [1.165, 1.54) is 31.0 Å². The molecule has 1 amide bonds. The fourth-order valence-corrected chi connectivity index (χ4v) is 3.76. The first-order valence-corrected chi connectivity index (χ1v) is 8.76. The first-order chi connectivity index (χ1) is 11.0. The van der Waals surface area contributed by atoms with Crippen molar-refractivity contribution in [2.75, 3.05) is 12.8 Å². The van der Waals surface area contributed by atoms with Crippen molar-refractivity contribution < 1.29 is 13.6 Å². The molecule has 1 aliphatic carbocycles. The van der Waals surface area contributed by atoms with Crippen molar-refractivity contribution >= 4 is 28.7 Å². The number of rotatable bonds is 4. The van der Waals surface area contributed by atoms with E-state index >= 15 is 0 Å². The number of amides is 1. The Morgan fingerprint density at radius 2 is 2.00 bits per heavy atom. The lowest BCUT2D eigenvalue weighted by molar-refractivity contribution is -0.129. The Hall–Kier alpha value is -1.63. The molecule has 0 unspecified atom stereocenters. The normalized spacial score (nSPS) is 16.0. The van der Waals surface area contributed by atoms with Crippen molar-refractivity contribution in [3.63, 3.8) is 0 Å². The van der Waals surface area contributed by atoms with Gasteiger partial charge in [-0.2, -0.15) is 0 Å². The maximum absolute atomic E-state index is 13.2. The lowest BCUT2D eigenvalue weighted by Crippen LogP contribution is -2.39. The SMILES string of the molecule is CN(C(=O)CSc1nc2cc(F)c(F)cc2[nH]1)C1CCCCC1. The summed E-state index contributed by atoms with van der Waals surface area (Å²) in [6, 6.07) is 2.47. The summed E-state index contributed by atoms with van der Waals surface area (Å²) < 4.78 is 26.4. The zero-order chi connectivity index (χ0) is 16.4.